The minimum absolute atomic E-state index is 0.281. The number of cyclic esters (lactones) is 2. The van der Waals surface area contributed by atoms with Gasteiger partial charge in [-0.05, 0) is 13.8 Å². The largest absolute Gasteiger partial charge is 0.509 e. The van der Waals surface area contributed by atoms with Crippen LogP contribution in [0.5, 0.6) is 0 Å². The van der Waals surface area contributed by atoms with Gasteiger partial charge in [0.05, 0.1) is 13.2 Å². The molecule has 3 unspecified atom stereocenters. The molecule has 6 nitrogen and oxygen atoms in total. The minimum atomic E-state index is -0.771. The summed E-state index contributed by atoms with van der Waals surface area (Å²) in [6.07, 6.45) is -2.42. The van der Waals surface area contributed by atoms with Crippen LogP contribution in [-0.2, 0) is 18.9 Å². The smallest absolute Gasteiger partial charge is 0.424 e. The van der Waals surface area contributed by atoms with Gasteiger partial charge >= 0.3 is 6.16 Å². The second kappa shape index (κ2) is 3.62. The highest BCUT2D eigenvalue weighted by Crippen LogP contribution is 2.29. The Morgan fingerprint density at radius 2 is 2.20 bits per heavy atom. The summed E-state index contributed by atoms with van der Waals surface area (Å²) < 4.78 is 20.5. The van der Waals surface area contributed by atoms with Crippen molar-refractivity contribution in [2.75, 3.05) is 13.2 Å². The normalized spacial score (nSPS) is 38.9. The summed E-state index contributed by atoms with van der Waals surface area (Å²) >= 11 is 0. The molecule has 0 spiro atoms. The lowest BCUT2D eigenvalue weighted by Gasteiger charge is -2.21. The monoisotopic (exact) mass is 218 g/mol. The second-order valence-corrected chi connectivity index (χ2v) is 4.04. The lowest BCUT2D eigenvalue weighted by Crippen LogP contribution is -2.39. The van der Waals surface area contributed by atoms with E-state index in [9.17, 15) is 4.79 Å². The van der Waals surface area contributed by atoms with E-state index in [4.69, 9.17) is 24.1 Å². The molecule has 2 aliphatic heterocycles. The van der Waals surface area contributed by atoms with Crippen LogP contribution < -0.4 is 0 Å². The highest BCUT2D eigenvalue weighted by atomic mass is 16.8. The lowest BCUT2D eigenvalue weighted by atomic mass is 10.1. The standard InChI is InChI=1S/C9H14O6/c1-9(2)12-4-6(15-9)7-5(3-10)13-8(11)14-7/h5-7,10H,3-4H2,1-2H3. The van der Waals surface area contributed by atoms with Crippen molar-refractivity contribution in [1.29, 1.82) is 0 Å². The van der Waals surface area contributed by atoms with Crippen LogP contribution in [0.4, 0.5) is 4.79 Å². The maximum absolute atomic E-state index is 10.9. The molecule has 1 N–H and O–H groups in total. The second-order valence-electron chi connectivity index (χ2n) is 4.04. The molecule has 6 heteroatoms. The Morgan fingerprint density at radius 1 is 1.47 bits per heavy atom. The fourth-order valence-electron chi connectivity index (χ4n) is 1.74. The number of carbonyl (C=O) groups excluding carboxylic acids is 1. The number of aliphatic hydroxyl groups excluding tert-OH is 1. The van der Waals surface area contributed by atoms with Crippen molar-refractivity contribution in [3.8, 4) is 0 Å². The van der Waals surface area contributed by atoms with Gasteiger partial charge in [0.15, 0.2) is 18.0 Å². The third-order valence-corrected chi connectivity index (χ3v) is 2.42. The fourth-order valence-corrected chi connectivity index (χ4v) is 1.74. The van der Waals surface area contributed by atoms with Crippen molar-refractivity contribution in [2.24, 2.45) is 0 Å². The van der Waals surface area contributed by atoms with Crippen molar-refractivity contribution in [1.82, 2.24) is 0 Å². The SMILES string of the molecule is CC1(C)OCC(C2OC(=O)OC2CO)O1. The molecule has 0 bridgehead atoms. The highest BCUT2D eigenvalue weighted by Gasteiger charge is 2.47. The van der Waals surface area contributed by atoms with Crippen LogP contribution in [0.2, 0.25) is 0 Å². The van der Waals surface area contributed by atoms with E-state index in [1.54, 1.807) is 13.8 Å². The molecule has 0 amide bonds. The first-order valence-corrected chi connectivity index (χ1v) is 4.82. The molecule has 3 atom stereocenters. The average Bonchev–Trinajstić information content (AvgIpc) is 2.68. The number of hydrogen-bond donors (Lipinski definition) is 1. The van der Waals surface area contributed by atoms with Crippen LogP contribution in [0.15, 0.2) is 0 Å². The van der Waals surface area contributed by atoms with E-state index in [0.29, 0.717) is 6.61 Å². The van der Waals surface area contributed by atoms with Crippen molar-refractivity contribution in [3.63, 3.8) is 0 Å². The van der Waals surface area contributed by atoms with E-state index >= 15 is 0 Å². The molecular formula is C9H14O6. The molecule has 0 aromatic heterocycles. The zero-order chi connectivity index (χ0) is 11.1. The third kappa shape index (κ3) is 2.06. The summed E-state index contributed by atoms with van der Waals surface area (Å²) in [4.78, 5) is 10.9. The van der Waals surface area contributed by atoms with E-state index < -0.39 is 24.2 Å². The Labute approximate surface area is 87.1 Å². The third-order valence-electron chi connectivity index (χ3n) is 2.42. The molecule has 2 rings (SSSR count). The first-order valence-electron chi connectivity index (χ1n) is 4.82. The quantitative estimate of drug-likeness (QED) is 0.659. The van der Waals surface area contributed by atoms with E-state index in [0.717, 1.165) is 0 Å². The molecular weight excluding hydrogens is 204 g/mol. The van der Waals surface area contributed by atoms with Gasteiger partial charge in [-0.3, -0.25) is 0 Å². The van der Waals surface area contributed by atoms with Crippen LogP contribution in [0.3, 0.4) is 0 Å². The molecule has 0 aliphatic carbocycles. The van der Waals surface area contributed by atoms with Gasteiger partial charge in [-0.15, -0.1) is 0 Å². The van der Waals surface area contributed by atoms with Gasteiger partial charge in [-0.2, -0.15) is 0 Å². The maximum Gasteiger partial charge on any atom is 0.509 e. The molecule has 2 aliphatic rings. The fraction of sp³-hybridized carbons (Fsp3) is 0.889. The summed E-state index contributed by atoms with van der Waals surface area (Å²) in [6.45, 7) is 3.60. The predicted molar refractivity (Wildman–Crippen MR) is 47.1 cm³/mol. The van der Waals surface area contributed by atoms with Crippen LogP contribution in [0.25, 0.3) is 0 Å². The summed E-state index contributed by atoms with van der Waals surface area (Å²) in [7, 11) is 0. The number of rotatable bonds is 2. The molecule has 2 fully saturated rings. The van der Waals surface area contributed by atoms with Gasteiger partial charge in [0.25, 0.3) is 0 Å². The Balaban J connectivity index is 2.02. The molecule has 0 radical (unpaired) electrons. The topological polar surface area (TPSA) is 74.2 Å². The Morgan fingerprint density at radius 3 is 2.73 bits per heavy atom. The highest BCUT2D eigenvalue weighted by molar-refractivity contribution is 5.62. The van der Waals surface area contributed by atoms with Gasteiger partial charge in [-0.1, -0.05) is 0 Å². The van der Waals surface area contributed by atoms with Gasteiger partial charge < -0.3 is 24.1 Å². The number of ether oxygens (including phenoxy) is 4. The summed E-state index contributed by atoms with van der Waals surface area (Å²) in [6, 6.07) is 0. The Bertz CT molecular complexity index is 263. The summed E-state index contributed by atoms with van der Waals surface area (Å²) in [5.41, 5.74) is 0. The lowest BCUT2D eigenvalue weighted by molar-refractivity contribution is -0.151. The molecule has 2 heterocycles. The van der Waals surface area contributed by atoms with Crippen molar-refractivity contribution in [3.05, 3.63) is 0 Å². The van der Waals surface area contributed by atoms with E-state index in [1.807, 2.05) is 0 Å². The van der Waals surface area contributed by atoms with E-state index in [-0.39, 0.29) is 12.7 Å². The Kier molecular flexibility index (Phi) is 2.57. The van der Waals surface area contributed by atoms with E-state index in [2.05, 4.69) is 0 Å². The zero-order valence-corrected chi connectivity index (χ0v) is 8.63. The first-order chi connectivity index (χ1) is 7.02. The molecule has 0 saturated carbocycles. The van der Waals surface area contributed by atoms with Crippen molar-refractivity contribution < 1.29 is 28.8 Å². The zero-order valence-electron chi connectivity index (χ0n) is 8.63. The summed E-state index contributed by atoms with van der Waals surface area (Å²) in [5.74, 6) is -0.681. The van der Waals surface area contributed by atoms with Crippen LogP contribution in [0, 0.1) is 0 Å². The van der Waals surface area contributed by atoms with Crippen LogP contribution in [-0.4, -0.2) is 48.6 Å². The van der Waals surface area contributed by atoms with Gasteiger partial charge in [0.2, 0.25) is 0 Å². The van der Waals surface area contributed by atoms with Crippen LogP contribution >= 0.6 is 0 Å². The molecule has 15 heavy (non-hydrogen) atoms. The molecule has 86 valence electrons. The number of hydrogen-bond acceptors (Lipinski definition) is 6. The van der Waals surface area contributed by atoms with E-state index in [1.165, 1.54) is 0 Å². The van der Waals surface area contributed by atoms with Gasteiger partial charge in [0, 0.05) is 0 Å². The molecule has 0 aromatic rings. The maximum atomic E-state index is 10.9. The first kappa shape index (κ1) is 10.7. The Hall–Kier alpha value is -0.850. The van der Waals surface area contributed by atoms with Crippen molar-refractivity contribution >= 4 is 6.16 Å². The predicted octanol–water partition coefficient (Wildman–Crippen LogP) is 0.0342. The summed E-state index contributed by atoms with van der Waals surface area (Å²) in [5, 5.41) is 8.99. The van der Waals surface area contributed by atoms with Crippen LogP contribution in [0.1, 0.15) is 13.8 Å². The number of carbonyl (C=O) groups is 1. The minimum Gasteiger partial charge on any atom is -0.424 e. The van der Waals surface area contributed by atoms with Gasteiger partial charge in [-0.25, -0.2) is 4.79 Å². The van der Waals surface area contributed by atoms with Gasteiger partial charge in [0.1, 0.15) is 6.10 Å². The molecule has 0 aromatic carbocycles. The number of aliphatic hydroxyl groups is 1. The molecule has 2 saturated heterocycles. The average molecular weight is 218 g/mol. The van der Waals surface area contributed by atoms with Crippen molar-refractivity contribution in [2.45, 2.75) is 37.9 Å².